The number of rotatable bonds is 6. The van der Waals surface area contributed by atoms with E-state index in [0.717, 1.165) is 77.8 Å². The van der Waals surface area contributed by atoms with Crippen molar-refractivity contribution in [1.82, 2.24) is 24.3 Å². The van der Waals surface area contributed by atoms with Crippen molar-refractivity contribution in [3.8, 4) is 67.7 Å². The second-order valence-electron chi connectivity index (χ2n) is 12.8. The van der Waals surface area contributed by atoms with Crippen LogP contribution in [0.15, 0.2) is 181 Å². The first-order valence-corrected chi connectivity index (χ1v) is 17.2. The van der Waals surface area contributed by atoms with Crippen LogP contribution >= 0.6 is 0 Å². The monoisotopic (exact) mass is 667 g/mol. The van der Waals surface area contributed by atoms with Crippen LogP contribution in [0, 0.1) is 0 Å². The highest BCUT2D eigenvalue weighted by molar-refractivity contribution is 6.07. The van der Waals surface area contributed by atoms with Crippen LogP contribution in [0.1, 0.15) is 0 Å². The van der Waals surface area contributed by atoms with Crippen molar-refractivity contribution in [2.24, 2.45) is 0 Å². The Balaban J connectivity index is 1.09. The summed E-state index contributed by atoms with van der Waals surface area (Å²) in [6.07, 6.45) is 4.06. The number of aromatic nitrogens is 5. The molecule has 6 heteroatoms. The first-order chi connectivity index (χ1) is 25.7. The smallest absolute Gasteiger partial charge is 0.164 e. The summed E-state index contributed by atoms with van der Waals surface area (Å²) >= 11 is 0. The maximum Gasteiger partial charge on any atom is 0.164 e. The topological polar surface area (TPSA) is 69.1 Å². The van der Waals surface area contributed by atoms with E-state index in [0.29, 0.717) is 17.5 Å². The van der Waals surface area contributed by atoms with Crippen molar-refractivity contribution in [2.75, 3.05) is 0 Å². The number of hydrogen-bond acceptors (Lipinski definition) is 5. The number of hydrogen-bond donors (Lipinski definition) is 0. The molecule has 0 aliphatic rings. The third kappa shape index (κ3) is 5.30. The Bertz CT molecular complexity index is 2810. The second-order valence-corrected chi connectivity index (χ2v) is 12.8. The van der Waals surface area contributed by atoms with Crippen molar-refractivity contribution in [1.29, 1.82) is 0 Å². The number of nitrogens with zero attached hydrogens (tertiary/aromatic N) is 5. The minimum atomic E-state index is 0.618. The normalized spacial score (nSPS) is 11.5. The minimum Gasteiger partial charge on any atom is -0.456 e. The summed E-state index contributed by atoms with van der Waals surface area (Å²) in [7, 11) is 0. The van der Waals surface area contributed by atoms with Gasteiger partial charge in [0, 0.05) is 45.4 Å². The summed E-state index contributed by atoms with van der Waals surface area (Å²) in [6.45, 7) is 0. The number of benzene rings is 6. The molecule has 0 radical (unpaired) electrons. The van der Waals surface area contributed by atoms with Gasteiger partial charge in [-0.15, -0.1) is 0 Å². The third-order valence-electron chi connectivity index (χ3n) is 9.51. The van der Waals surface area contributed by atoms with Crippen LogP contribution in [0.2, 0.25) is 0 Å². The van der Waals surface area contributed by atoms with E-state index in [2.05, 4.69) is 78.9 Å². The minimum absolute atomic E-state index is 0.618. The standard InChI is InChI=1S/C46H29N5O/c1-4-12-30(13-5-1)39-26-33(20-24-38(39)46-49-44(31-14-6-2-7-15-31)48-45(50-46)32-16-8-3-9-17-32)34-19-22-36-37-23-21-35(28-42(37)52-41(36)27-34)40-29-51-25-11-10-18-43(51)47-40/h1-29H. The van der Waals surface area contributed by atoms with Crippen molar-refractivity contribution in [3.05, 3.63) is 176 Å². The molecule has 0 aliphatic heterocycles. The molecule has 0 bridgehead atoms. The number of imidazole rings is 1. The fourth-order valence-electron chi connectivity index (χ4n) is 6.89. The molecule has 0 N–H and O–H groups in total. The molecule has 0 aliphatic carbocycles. The van der Waals surface area contributed by atoms with Crippen LogP contribution < -0.4 is 0 Å². The van der Waals surface area contributed by atoms with E-state index < -0.39 is 0 Å². The van der Waals surface area contributed by atoms with Crippen LogP contribution in [-0.2, 0) is 0 Å². The number of furan rings is 1. The zero-order valence-electron chi connectivity index (χ0n) is 27.9. The quantitative estimate of drug-likeness (QED) is 0.176. The molecule has 0 saturated heterocycles. The van der Waals surface area contributed by atoms with Crippen molar-refractivity contribution < 1.29 is 4.42 Å². The molecule has 6 aromatic carbocycles. The lowest BCUT2D eigenvalue weighted by molar-refractivity contribution is 0.669. The highest BCUT2D eigenvalue weighted by Crippen LogP contribution is 2.38. The molecule has 0 atom stereocenters. The SMILES string of the molecule is c1ccc(-c2nc(-c3ccccc3)nc(-c3ccc(-c4ccc5c(c4)oc4cc(-c6cn7ccccc7n6)ccc45)cc3-c3ccccc3)n2)cc1. The molecule has 4 heterocycles. The molecule has 10 aromatic rings. The van der Waals surface area contributed by atoms with E-state index in [-0.39, 0.29) is 0 Å². The van der Waals surface area contributed by atoms with Crippen LogP contribution in [-0.4, -0.2) is 24.3 Å². The second kappa shape index (κ2) is 12.3. The van der Waals surface area contributed by atoms with Crippen LogP contribution in [0.5, 0.6) is 0 Å². The van der Waals surface area contributed by atoms with Gasteiger partial charge >= 0.3 is 0 Å². The van der Waals surface area contributed by atoms with Crippen molar-refractivity contribution >= 4 is 27.6 Å². The highest BCUT2D eigenvalue weighted by atomic mass is 16.3. The molecule has 0 unspecified atom stereocenters. The third-order valence-corrected chi connectivity index (χ3v) is 9.51. The summed E-state index contributed by atoms with van der Waals surface area (Å²) < 4.78 is 8.54. The fraction of sp³-hybridized carbons (Fsp3) is 0. The molecule has 6 nitrogen and oxygen atoms in total. The van der Waals surface area contributed by atoms with Gasteiger partial charge in [0.1, 0.15) is 16.8 Å². The van der Waals surface area contributed by atoms with Gasteiger partial charge in [-0.05, 0) is 70.8 Å². The number of pyridine rings is 1. The predicted octanol–water partition coefficient (Wildman–Crippen LogP) is 11.4. The van der Waals surface area contributed by atoms with Crippen LogP contribution in [0.4, 0.5) is 0 Å². The average molecular weight is 668 g/mol. The van der Waals surface area contributed by atoms with Crippen molar-refractivity contribution in [2.45, 2.75) is 0 Å². The first-order valence-electron chi connectivity index (χ1n) is 17.2. The molecular formula is C46H29N5O. The average Bonchev–Trinajstić information content (AvgIpc) is 3.83. The molecule has 52 heavy (non-hydrogen) atoms. The van der Waals surface area contributed by atoms with E-state index in [1.165, 1.54) is 0 Å². The van der Waals surface area contributed by atoms with Gasteiger partial charge in [-0.1, -0.05) is 115 Å². The maximum atomic E-state index is 6.51. The van der Waals surface area contributed by atoms with Crippen molar-refractivity contribution in [3.63, 3.8) is 0 Å². The largest absolute Gasteiger partial charge is 0.456 e. The molecule has 4 aromatic heterocycles. The zero-order valence-corrected chi connectivity index (χ0v) is 27.9. The van der Waals surface area contributed by atoms with E-state index in [1.807, 2.05) is 102 Å². The molecule has 0 spiro atoms. The van der Waals surface area contributed by atoms with Crippen LogP contribution in [0.3, 0.4) is 0 Å². The fourth-order valence-corrected chi connectivity index (χ4v) is 6.89. The van der Waals surface area contributed by atoms with E-state index in [4.69, 9.17) is 24.4 Å². The van der Waals surface area contributed by atoms with Gasteiger partial charge in [-0.2, -0.15) is 0 Å². The van der Waals surface area contributed by atoms with Gasteiger partial charge in [0.15, 0.2) is 17.5 Å². The van der Waals surface area contributed by atoms with Gasteiger partial charge in [0.25, 0.3) is 0 Å². The summed E-state index contributed by atoms with van der Waals surface area (Å²) in [4.78, 5) is 19.8. The van der Waals surface area contributed by atoms with E-state index in [1.54, 1.807) is 0 Å². The molecular weight excluding hydrogens is 639 g/mol. The van der Waals surface area contributed by atoms with Gasteiger partial charge in [0.05, 0.1) is 5.69 Å². The zero-order chi connectivity index (χ0) is 34.4. The van der Waals surface area contributed by atoms with E-state index in [9.17, 15) is 0 Å². The Morgan fingerprint density at radius 3 is 1.58 bits per heavy atom. The van der Waals surface area contributed by atoms with Gasteiger partial charge in [-0.3, -0.25) is 0 Å². The molecule has 10 rings (SSSR count). The maximum absolute atomic E-state index is 6.51. The summed E-state index contributed by atoms with van der Waals surface area (Å²) in [6, 6.07) is 55.8. The molecule has 0 fully saturated rings. The molecule has 244 valence electrons. The van der Waals surface area contributed by atoms with Gasteiger partial charge < -0.3 is 8.82 Å². The Hall–Kier alpha value is -7.18. The Morgan fingerprint density at radius 1 is 0.385 bits per heavy atom. The molecule has 0 amide bonds. The molecule has 0 saturated carbocycles. The Morgan fingerprint density at radius 2 is 0.923 bits per heavy atom. The predicted molar refractivity (Wildman–Crippen MR) is 208 cm³/mol. The summed E-state index contributed by atoms with van der Waals surface area (Å²) in [5, 5.41) is 2.15. The summed E-state index contributed by atoms with van der Waals surface area (Å²) in [5.74, 6) is 1.88. The Labute approximate surface area is 299 Å². The van der Waals surface area contributed by atoms with Gasteiger partial charge in [-0.25, -0.2) is 19.9 Å². The lowest BCUT2D eigenvalue weighted by atomic mass is 9.93. The van der Waals surface area contributed by atoms with E-state index >= 15 is 0 Å². The van der Waals surface area contributed by atoms with Gasteiger partial charge in [0.2, 0.25) is 0 Å². The first kappa shape index (κ1) is 29.7. The highest BCUT2D eigenvalue weighted by Gasteiger charge is 2.18. The summed E-state index contributed by atoms with van der Waals surface area (Å²) in [5.41, 5.74) is 11.5. The number of fused-ring (bicyclic) bond motifs is 4. The Kier molecular flexibility index (Phi) is 7.03. The lowest BCUT2D eigenvalue weighted by Crippen LogP contribution is -2.01. The van der Waals surface area contributed by atoms with Crippen LogP contribution in [0.25, 0.3) is 95.3 Å². The lowest BCUT2D eigenvalue weighted by Gasteiger charge is -2.14.